The highest BCUT2D eigenvalue weighted by Gasteiger charge is 2.41. The topological polar surface area (TPSA) is 130 Å². The molecule has 0 bridgehead atoms. The van der Waals surface area contributed by atoms with Gasteiger partial charge in [0.15, 0.2) is 17.3 Å². The smallest absolute Gasteiger partial charge is 0.434 e. The maximum Gasteiger partial charge on any atom is 0.434 e. The standard InChI is InChI=1S/C24H16ClF3N8O3/c1-12(37)18-11-32-36(34-18)21-17(25)8-13(9-30-21)33-22(38)16-10-31-35(20(16)24(26,27)28)19-5-3-4-15-14(19)6-7-29-23(15)39-2/h3-11H,1-2H3,(H,33,38). The molecule has 0 saturated carbocycles. The Morgan fingerprint density at radius 2 is 1.85 bits per heavy atom. The van der Waals surface area contributed by atoms with Crippen LogP contribution in [0.15, 0.2) is 55.1 Å². The lowest BCUT2D eigenvalue weighted by molar-refractivity contribution is -0.143. The van der Waals surface area contributed by atoms with Crippen molar-refractivity contribution in [2.24, 2.45) is 0 Å². The molecule has 4 heterocycles. The van der Waals surface area contributed by atoms with Gasteiger partial charge in [0, 0.05) is 23.9 Å². The first-order chi connectivity index (χ1) is 18.6. The predicted molar refractivity (Wildman–Crippen MR) is 133 cm³/mol. The second-order valence-electron chi connectivity index (χ2n) is 8.07. The van der Waals surface area contributed by atoms with E-state index in [1.807, 2.05) is 0 Å². The average Bonchev–Trinajstić information content (AvgIpc) is 3.56. The van der Waals surface area contributed by atoms with Gasteiger partial charge in [-0.15, -0.1) is 9.90 Å². The van der Waals surface area contributed by atoms with Gasteiger partial charge in [-0.05, 0) is 24.3 Å². The van der Waals surface area contributed by atoms with Crippen molar-refractivity contribution in [3.05, 3.63) is 77.1 Å². The van der Waals surface area contributed by atoms with E-state index in [1.54, 1.807) is 6.07 Å². The number of aromatic nitrogens is 7. The minimum absolute atomic E-state index is 0.00884. The van der Waals surface area contributed by atoms with Gasteiger partial charge in [-0.25, -0.2) is 14.6 Å². The fourth-order valence-corrected chi connectivity index (χ4v) is 4.09. The number of alkyl halides is 3. The first kappa shape index (κ1) is 25.8. The Hall–Kier alpha value is -4.85. The summed E-state index contributed by atoms with van der Waals surface area (Å²) in [4.78, 5) is 33.6. The lowest BCUT2D eigenvalue weighted by Crippen LogP contribution is -2.21. The Morgan fingerprint density at radius 3 is 2.51 bits per heavy atom. The summed E-state index contributed by atoms with van der Waals surface area (Å²) >= 11 is 6.24. The van der Waals surface area contributed by atoms with Gasteiger partial charge in [-0.1, -0.05) is 17.7 Å². The minimum atomic E-state index is -4.94. The van der Waals surface area contributed by atoms with Gasteiger partial charge < -0.3 is 10.1 Å². The summed E-state index contributed by atoms with van der Waals surface area (Å²) in [6.45, 7) is 1.31. The lowest BCUT2D eigenvalue weighted by Gasteiger charge is -2.15. The first-order valence-electron chi connectivity index (χ1n) is 11.1. The maximum atomic E-state index is 14.3. The number of benzene rings is 1. The number of nitrogens with one attached hydrogen (secondary N) is 1. The van der Waals surface area contributed by atoms with Crippen molar-refractivity contribution in [2.45, 2.75) is 13.1 Å². The fraction of sp³-hybridized carbons (Fsp3) is 0.125. The third-order valence-electron chi connectivity index (χ3n) is 5.57. The number of carbonyl (C=O) groups excluding carboxylic acids is 2. The highest BCUT2D eigenvalue weighted by atomic mass is 35.5. The van der Waals surface area contributed by atoms with E-state index in [-0.39, 0.29) is 39.6 Å². The molecular formula is C24H16ClF3N8O3. The molecule has 0 spiro atoms. The number of rotatable bonds is 6. The van der Waals surface area contributed by atoms with Gasteiger partial charge in [0.2, 0.25) is 5.88 Å². The predicted octanol–water partition coefficient (Wildman–Crippen LogP) is 4.53. The van der Waals surface area contributed by atoms with Crippen LogP contribution in [0.5, 0.6) is 5.88 Å². The molecule has 1 N–H and O–H groups in total. The highest BCUT2D eigenvalue weighted by molar-refractivity contribution is 6.32. The molecule has 0 aliphatic heterocycles. The SMILES string of the molecule is COc1nccc2c(-n3ncc(C(=O)Nc4cnc(-n5ncc(C(C)=O)n5)c(Cl)c4)c3C(F)(F)F)cccc12. The molecule has 4 aromatic heterocycles. The van der Waals surface area contributed by atoms with Crippen molar-refractivity contribution < 1.29 is 27.5 Å². The third kappa shape index (κ3) is 4.77. The van der Waals surface area contributed by atoms with Gasteiger partial charge in [0.05, 0.1) is 47.7 Å². The summed E-state index contributed by atoms with van der Waals surface area (Å²) in [5, 5.41) is 15.0. The van der Waals surface area contributed by atoms with Crippen LogP contribution in [0, 0.1) is 0 Å². The van der Waals surface area contributed by atoms with Crippen LogP contribution in [0.2, 0.25) is 5.02 Å². The first-order valence-corrected chi connectivity index (χ1v) is 11.4. The molecule has 0 radical (unpaired) electrons. The quantitative estimate of drug-likeness (QED) is 0.302. The van der Waals surface area contributed by atoms with E-state index in [0.29, 0.717) is 15.5 Å². The maximum absolute atomic E-state index is 14.3. The molecule has 15 heteroatoms. The van der Waals surface area contributed by atoms with E-state index >= 15 is 0 Å². The van der Waals surface area contributed by atoms with Gasteiger partial charge in [0.25, 0.3) is 5.91 Å². The Morgan fingerprint density at radius 1 is 1.05 bits per heavy atom. The van der Waals surface area contributed by atoms with E-state index in [1.165, 1.54) is 50.7 Å². The van der Waals surface area contributed by atoms with Crippen LogP contribution in [0.4, 0.5) is 18.9 Å². The van der Waals surface area contributed by atoms with Crippen LogP contribution in [0.1, 0.15) is 33.5 Å². The number of ether oxygens (including phenoxy) is 1. The van der Waals surface area contributed by atoms with E-state index in [9.17, 15) is 22.8 Å². The number of Topliss-reactive ketones (excluding diaryl/α,β-unsaturated/α-hetero) is 1. The number of pyridine rings is 2. The number of halogens is 4. The Balaban J connectivity index is 1.50. The number of fused-ring (bicyclic) bond motifs is 1. The fourth-order valence-electron chi connectivity index (χ4n) is 3.85. The molecule has 0 unspecified atom stereocenters. The van der Waals surface area contributed by atoms with Crippen LogP contribution >= 0.6 is 11.6 Å². The Bertz CT molecular complexity index is 1750. The second-order valence-corrected chi connectivity index (χ2v) is 8.48. The number of carbonyl (C=O) groups is 2. The number of hydrogen-bond acceptors (Lipinski definition) is 8. The highest BCUT2D eigenvalue weighted by Crippen LogP contribution is 2.36. The zero-order valence-corrected chi connectivity index (χ0v) is 20.8. The molecule has 1 amide bonds. The lowest BCUT2D eigenvalue weighted by atomic mass is 10.1. The van der Waals surface area contributed by atoms with E-state index in [4.69, 9.17) is 16.3 Å². The zero-order chi connectivity index (χ0) is 27.9. The van der Waals surface area contributed by atoms with Crippen LogP contribution in [0.3, 0.4) is 0 Å². The van der Waals surface area contributed by atoms with E-state index in [2.05, 4.69) is 30.6 Å². The minimum Gasteiger partial charge on any atom is -0.481 e. The van der Waals surface area contributed by atoms with Crippen molar-refractivity contribution >= 4 is 39.8 Å². The molecule has 0 aliphatic rings. The van der Waals surface area contributed by atoms with Crippen LogP contribution in [0.25, 0.3) is 22.3 Å². The van der Waals surface area contributed by atoms with E-state index < -0.39 is 23.3 Å². The Labute approximate surface area is 222 Å². The molecule has 11 nitrogen and oxygen atoms in total. The summed E-state index contributed by atoms with van der Waals surface area (Å²) in [5.41, 5.74) is -1.83. The molecule has 5 rings (SSSR count). The zero-order valence-electron chi connectivity index (χ0n) is 20.1. The van der Waals surface area contributed by atoms with Crippen LogP contribution in [-0.2, 0) is 6.18 Å². The van der Waals surface area contributed by atoms with E-state index in [0.717, 1.165) is 17.2 Å². The molecular weight excluding hydrogens is 541 g/mol. The molecule has 5 aromatic rings. The molecule has 198 valence electrons. The summed E-state index contributed by atoms with van der Waals surface area (Å²) in [7, 11) is 1.40. The third-order valence-corrected chi connectivity index (χ3v) is 5.85. The van der Waals surface area contributed by atoms with Crippen molar-refractivity contribution in [2.75, 3.05) is 12.4 Å². The summed E-state index contributed by atoms with van der Waals surface area (Å²) < 4.78 is 48.7. The van der Waals surface area contributed by atoms with Crippen molar-refractivity contribution in [1.82, 2.24) is 34.7 Å². The number of methoxy groups -OCH3 is 1. The number of anilines is 1. The Kier molecular flexibility index (Phi) is 6.48. The molecule has 0 saturated heterocycles. The monoisotopic (exact) mass is 556 g/mol. The largest absolute Gasteiger partial charge is 0.481 e. The van der Waals surface area contributed by atoms with Crippen LogP contribution in [-0.4, -0.2) is 53.5 Å². The summed E-state index contributed by atoms with van der Waals surface area (Å²) in [6.07, 6.45) is -0.320. The van der Waals surface area contributed by atoms with Crippen molar-refractivity contribution in [3.8, 4) is 17.4 Å². The van der Waals surface area contributed by atoms with Gasteiger partial charge in [-0.3, -0.25) is 9.59 Å². The van der Waals surface area contributed by atoms with Gasteiger partial charge in [0.1, 0.15) is 5.69 Å². The molecule has 39 heavy (non-hydrogen) atoms. The van der Waals surface area contributed by atoms with Gasteiger partial charge in [-0.2, -0.15) is 23.4 Å². The number of hydrogen-bond donors (Lipinski definition) is 1. The average molecular weight is 557 g/mol. The summed E-state index contributed by atoms with van der Waals surface area (Å²) in [5.74, 6) is -1.13. The van der Waals surface area contributed by atoms with Crippen molar-refractivity contribution in [1.29, 1.82) is 0 Å². The van der Waals surface area contributed by atoms with Gasteiger partial charge >= 0.3 is 6.18 Å². The molecule has 0 fully saturated rings. The second kappa shape index (κ2) is 9.79. The molecule has 0 atom stereocenters. The summed E-state index contributed by atoms with van der Waals surface area (Å²) in [6, 6.07) is 7.41. The number of nitrogens with zero attached hydrogens (tertiary/aromatic N) is 7. The number of ketones is 1. The molecule has 0 aliphatic carbocycles. The van der Waals surface area contributed by atoms with Crippen molar-refractivity contribution in [3.63, 3.8) is 0 Å². The number of amides is 1. The molecule has 1 aromatic carbocycles. The van der Waals surface area contributed by atoms with Crippen LogP contribution < -0.4 is 10.1 Å². The normalized spacial score (nSPS) is 11.5.